The van der Waals surface area contributed by atoms with Crippen LogP contribution in [-0.2, 0) is 0 Å². The van der Waals surface area contributed by atoms with Gasteiger partial charge in [0.25, 0.3) is 0 Å². The van der Waals surface area contributed by atoms with Crippen LogP contribution in [0.5, 0.6) is 11.5 Å². The number of hydrogen-bond donors (Lipinski definition) is 0. The first-order chi connectivity index (χ1) is 10.3. The molecule has 0 aliphatic heterocycles. The summed E-state index contributed by atoms with van der Waals surface area (Å²) >= 11 is 0. The van der Waals surface area contributed by atoms with Gasteiger partial charge in [0, 0.05) is 5.39 Å². The van der Waals surface area contributed by atoms with Crippen LogP contribution in [0.3, 0.4) is 0 Å². The van der Waals surface area contributed by atoms with E-state index in [9.17, 15) is 0 Å². The molecule has 0 radical (unpaired) electrons. The number of ether oxygens (including phenoxy) is 2. The second kappa shape index (κ2) is 5.65. The van der Waals surface area contributed by atoms with E-state index in [0.29, 0.717) is 13.2 Å². The Morgan fingerprint density at radius 3 is 2.38 bits per heavy atom. The Hall–Kier alpha value is -2.22. The van der Waals surface area contributed by atoms with Crippen molar-refractivity contribution in [3.8, 4) is 11.5 Å². The Morgan fingerprint density at radius 2 is 1.62 bits per heavy atom. The topological polar surface area (TPSA) is 18.5 Å². The van der Waals surface area contributed by atoms with Gasteiger partial charge >= 0.3 is 0 Å². The molecule has 3 rings (SSSR count). The lowest BCUT2D eigenvalue weighted by Crippen LogP contribution is -2.00. The average molecular weight is 280 g/mol. The van der Waals surface area contributed by atoms with E-state index in [1.807, 2.05) is 19.9 Å². The molecule has 0 N–H and O–H groups in total. The van der Waals surface area contributed by atoms with Gasteiger partial charge in [-0.2, -0.15) is 0 Å². The first-order valence-corrected chi connectivity index (χ1v) is 7.47. The van der Waals surface area contributed by atoms with Gasteiger partial charge in [0.1, 0.15) is 0 Å². The maximum atomic E-state index is 5.91. The number of hydrogen-bond acceptors (Lipinski definition) is 2. The molecular weight excluding hydrogens is 260 g/mol. The van der Waals surface area contributed by atoms with Gasteiger partial charge in [-0.25, -0.2) is 0 Å². The third kappa shape index (κ3) is 2.31. The molecule has 0 atom stereocenters. The van der Waals surface area contributed by atoms with Crippen molar-refractivity contribution in [3.05, 3.63) is 48.0 Å². The highest BCUT2D eigenvalue weighted by atomic mass is 16.5. The van der Waals surface area contributed by atoms with Gasteiger partial charge in [0.15, 0.2) is 11.5 Å². The molecule has 0 saturated carbocycles. The maximum Gasteiger partial charge on any atom is 0.169 e. The summed E-state index contributed by atoms with van der Waals surface area (Å²) in [4.78, 5) is 0. The minimum absolute atomic E-state index is 0.630. The summed E-state index contributed by atoms with van der Waals surface area (Å²) < 4.78 is 11.6. The number of aryl methyl sites for hydroxylation is 1. The first kappa shape index (κ1) is 13.7. The van der Waals surface area contributed by atoms with Gasteiger partial charge in [-0.3, -0.25) is 0 Å². The highest BCUT2D eigenvalue weighted by Crippen LogP contribution is 2.40. The lowest BCUT2D eigenvalue weighted by molar-refractivity contribution is 0.290. The summed E-state index contributed by atoms with van der Waals surface area (Å²) in [6.45, 7) is 7.42. The van der Waals surface area contributed by atoms with Crippen LogP contribution >= 0.6 is 0 Å². The normalized spacial score (nSPS) is 11.0. The standard InChI is InChI=1S/C19H20O2/c1-4-20-17-11-10-15-12-14-8-6-7-9-16(14)13(3)18(15)19(17)21-5-2/h6-12H,4-5H2,1-3H3. The van der Waals surface area contributed by atoms with Crippen molar-refractivity contribution in [2.45, 2.75) is 20.8 Å². The molecule has 0 aliphatic rings. The van der Waals surface area contributed by atoms with Crippen molar-refractivity contribution >= 4 is 21.5 Å². The maximum absolute atomic E-state index is 5.91. The molecule has 0 aromatic heterocycles. The van der Waals surface area contributed by atoms with Crippen LogP contribution in [0.1, 0.15) is 19.4 Å². The monoisotopic (exact) mass is 280 g/mol. The van der Waals surface area contributed by atoms with Crippen LogP contribution in [0.25, 0.3) is 21.5 Å². The molecule has 2 nitrogen and oxygen atoms in total. The highest BCUT2D eigenvalue weighted by molar-refractivity contribution is 6.05. The predicted octanol–water partition coefficient (Wildman–Crippen LogP) is 5.10. The molecular formula is C19H20O2. The van der Waals surface area contributed by atoms with Gasteiger partial charge < -0.3 is 9.47 Å². The van der Waals surface area contributed by atoms with E-state index in [0.717, 1.165) is 16.9 Å². The Balaban J connectivity index is 2.39. The molecule has 0 unspecified atom stereocenters. The Labute approximate surface area is 125 Å². The zero-order valence-corrected chi connectivity index (χ0v) is 12.8. The summed E-state index contributed by atoms with van der Waals surface area (Å²) in [7, 11) is 0. The molecule has 3 aromatic carbocycles. The first-order valence-electron chi connectivity index (χ1n) is 7.47. The molecule has 0 spiro atoms. The van der Waals surface area contributed by atoms with Crippen LogP contribution in [-0.4, -0.2) is 13.2 Å². The zero-order valence-electron chi connectivity index (χ0n) is 12.8. The second-order valence-electron chi connectivity index (χ2n) is 5.08. The minimum Gasteiger partial charge on any atom is -0.490 e. The summed E-state index contributed by atoms with van der Waals surface area (Å²) in [5.41, 5.74) is 1.24. The van der Waals surface area contributed by atoms with E-state index in [1.165, 1.54) is 21.7 Å². The Morgan fingerprint density at radius 1 is 0.857 bits per heavy atom. The molecule has 0 amide bonds. The fourth-order valence-corrected chi connectivity index (χ4v) is 2.91. The Kier molecular flexibility index (Phi) is 3.70. The second-order valence-corrected chi connectivity index (χ2v) is 5.08. The van der Waals surface area contributed by atoms with Crippen LogP contribution in [0.15, 0.2) is 42.5 Å². The van der Waals surface area contributed by atoms with Crippen molar-refractivity contribution in [3.63, 3.8) is 0 Å². The quantitative estimate of drug-likeness (QED) is 0.619. The fraction of sp³-hybridized carbons (Fsp3) is 0.263. The smallest absolute Gasteiger partial charge is 0.169 e. The minimum atomic E-state index is 0.630. The van der Waals surface area contributed by atoms with Gasteiger partial charge in [-0.15, -0.1) is 0 Å². The largest absolute Gasteiger partial charge is 0.490 e. The van der Waals surface area contributed by atoms with Crippen molar-refractivity contribution in [2.75, 3.05) is 13.2 Å². The number of fused-ring (bicyclic) bond motifs is 2. The number of rotatable bonds is 4. The van der Waals surface area contributed by atoms with Gasteiger partial charge in [0.2, 0.25) is 0 Å². The molecule has 0 saturated heterocycles. The third-order valence-electron chi connectivity index (χ3n) is 3.79. The van der Waals surface area contributed by atoms with Gasteiger partial charge in [0.05, 0.1) is 13.2 Å². The molecule has 2 heteroatoms. The van der Waals surface area contributed by atoms with Crippen LogP contribution in [0.4, 0.5) is 0 Å². The molecule has 108 valence electrons. The van der Waals surface area contributed by atoms with Crippen LogP contribution < -0.4 is 9.47 Å². The zero-order chi connectivity index (χ0) is 14.8. The van der Waals surface area contributed by atoms with Crippen molar-refractivity contribution in [2.24, 2.45) is 0 Å². The lowest BCUT2D eigenvalue weighted by atomic mass is 9.97. The number of benzene rings is 3. The lowest BCUT2D eigenvalue weighted by Gasteiger charge is -2.16. The molecule has 0 aliphatic carbocycles. The van der Waals surface area contributed by atoms with Crippen molar-refractivity contribution in [1.29, 1.82) is 0 Å². The van der Waals surface area contributed by atoms with Crippen molar-refractivity contribution < 1.29 is 9.47 Å². The fourth-order valence-electron chi connectivity index (χ4n) is 2.91. The molecule has 3 aromatic rings. The molecule has 21 heavy (non-hydrogen) atoms. The summed E-state index contributed by atoms with van der Waals surface area (Å²) in [5.74, 6) is 1.69. The van der Waals surface area contributed by atoms with E-state index in [2.05, 4.69) is 43.3 Å². The van der Waals surface area contributed by atoms with E-state index >= 15 is 0 Å². The predicted molar refractivity (Wildman–Crippen MR) is 88.5 cm³/mol. The van der Waals surface area contributed by atoms with Gasteiger partial charge in [-0.05, 0) is 54.6 Å². The van der Waals surface area contributed by atoms with E-state index < -0.39 is 0 Å². The van der Waals surface area contributed by atoms with E-state index in [4.69, 9.17) is 9.47 Å². The summed E-state index contributed by atoms with van der Waals surface area (Å²) in [6, 6.07) is 14.8. The van der Waals surface area contributed by atoms with Gasteiger partial charge in [-0.1, -0.05) is 30.3 Å². The molecule has 0 bridgehead atoms. The van der Waals surface area contributed by atoms with E-state index in [1.54, 1.807) is 0 Å². The van der Waals surface area contributed by atoms with Crippen LogP contribution in [0, 0.1) is 6.92 Å². The van der Waals surface area contributed by atoms with Crippen molar-refractivity contribution in [1.82, 2.24) is 0 Å². The average Bonchev–Trinajstić information content (AvgIpc) is 2.50. The third-order valence-corrected chi connectivity index (χ3v) is 3.79. The highest BCUT2D eigenvalue weighted by Gasteiger charge is 2.14. The molecule has 0 fully saturated rings. The SMILES string of the molecule is CCOc1ccc2cc3ccccc3c(C)c2c1OCC. The summed E-state index contributed by atoms with van der Waals surface area (Å²) in [6.07, 6.45) is 0. The molecule has 0 heterocycles. The van der Waals surface area contributed by atoms with Crippen LogP contribution in [0.2, 0.25) is 0 Å². The Bertz CT molecular complexity index is 790. The summed E-state index contributed by atoms with van der Waals surface area (Å²) in [5, 5.41) is 4.87. The van der Waals surface area contributed by atoms with E-state index in [-0.39, 0.29) is 0 Å².